The predicted molar refractivity (Wildman–Crippen MR) is 40.9 cm³/mol. The molecule has 6 heteroatoms. The second-order valence-electron chi connectivity index (χ2n) is 2.26. The highest BCUT2D eigenvalue weighted by atomic mass is 16.4. The van der Waals surface area contributed by atoms with Gasteiger partial charge in [-0.05, 0) is 0 Å². The Morgan fingerprint density at radius 3 is 2.58 bits per heavy atom. The molecular weight excluding hydrogens is 162 g/mol. The van der Waals surface area contributed by atoms with E-state index in [0.717, 1.165) is 0 Å². The summed E-state index contributed by atoms with van der Waals surface area (Å²) in [6.45, 7) is 1.32. The molecule has 12 heavy (non-hydrogen) atoms. The Labute approximate surface area is 68.0 Å². The second-order valence-corrected chi connectivity index (χ2v) is 2.26. The number of carboxylic acids is 1. The van der Waals surface area contributed by atoms with Crippen LogP contribution in [0.2, 0.25) is 0 Å². The van der Waals surface area contributed by atoms with Crippen LogP contribution in [0.4, 0.5) is 0 Å². The van der Waals surface area contributed by atoms with Gasteiger partial charge in [-0.2, -0.15) is 0 Å². The lowest BCUT2D eigenvalue weighted by molar-refractivity contribution is -0.129. The van der Waals surface area contributed by atoms with Crippen molar-refractivity contribution in [1.29, 1.82) is 0 Å². The van der Waals surface area contributed by atoms with E-state index in [0.29, 0.717) is 0 Å². The number of amidine groups is 1. The minimum absolute atomic E-state index is 0.0567. The number of carbonyl (C=O) groups excluding carboxylic acids is 1. The molecule has 1 amide bonds. The second kappa shape index (κ2) is 3.12. The third-order valence-corrected chi connectivity index (χ3v) is 1.19. The van der Waals surface area contributed by atoms with Crippen LogP contribution >= 0.6 is 0 Å². The number of rotatable bonds is 1. The van der Waals surface area contributed by atoms with Gasteiger partial charge in [-0.3, -0.25) is 4.79 Å². The van der Waals surface area contributed by atoms with Crippen molar-refractivity contribution in [2.45, 2.75) is 13.3 Å². The van der Waals surface area contributed by atoms with Crippen molar-refractivity contribution in [3.63, 3.8) is 0 Å². The molecule has 1 aliphatic heterocycles. The van der Waals surface area contributed by atoms with Gasteiger partial charge in [0.05, 0.1) is 6.42 Å². The van der Waals surface area contributed by atoms with Crippen LogP contribution in [-0.2, 0) is 9.59 Å². The van der Waals surface area contributed by atoms with Crippen molar-refractivity contribution in [2.24, 2.45) is 10.2 Å². The van der Waals surface area contributed by atoms with Crippen LogP contribution in [0.3, 0.4) is 0 Å². The van der Waals surface area contributed by atoms with E-state index in [1.54, 1.807) is 0 Å². The van der Waals surface area contributed by atoms with Gasteiger partial charge in [0.25, 0.3) is 0 Å². The fraction of sp³-hybridized carbons (Fsp3) is 0.333. The van der Waals surface area contributed by atoms with E-state index >= 15 is 0 Å². The van der Waals surface area contributed by atoms with Crippen molar-refractivity contribution in [3.05, 3.63) is 0 Å². The number of carbonyl (C=O) groups is 2. The standard InChI is InChI=1S/C6H7N3O3/c1-3(10)7-5-2-4(6(11)12)8-9-5/h2H2,1H3,(H,11,12)(H,7,9,10). The maximum atomic E-state index is 10.5. The van der Waals surface area contributed by atoms with Crippen molar-refractivity contribution < 1.29 is 14.7 Å². The fourth-order valence-electron chi connectivity index (χ4n) is 0.741. The van der Waals surface area contributed by atoms with Crippen molar-refractivity contribution in [1.82, 2.24) is 5.32 Å². The molecular formula is C6H7N3O3. The number of hydrogen-bond acceptors (Lipinski definition) is 4. The van der Waals surface area contributed by atoms with E-state index in [4.69, 9.17) is 5.11 Å². The van der Waals surface area contributed by atoms with Gasteiger partial charge < -0.3 is 10.4 Å². The van der Waals surface area contributed by atoms with Crippen molar-refractivity contribution in [2.75, 3.05) is 0 Å². The van der Waals surface area contributed by atoms with Crippen molar-refractivity contribution in [3.8, 4) is 0 Å². The molecule has 2 N–H and O–H groups in total. The lowest BCUT2D eigenvalue weighted by Gasteiger charge is -1.97. The van der Waals surface area contributed by atoms with Crippen LogP contribution in [0.1, 0.15) is 13.3 Å². The molecule has 0 saturated heterocycles. The molecule has 0 bridgehead atoms. The summed E-state index contributed by atoms with van der Waals surface area (Å²) >= 11 is 0. The van der Waals surface area contributed by atoms with Gasteiger partial charge in [0, 0.05) is 6.92 Å². The van der Waals surface area contributed by atoms with E-state index in [1.165, 1.54) is 6.92 Å². The Bertz CT molecular complexity index is 292. The Morgan fingerprint density at radius 2 is 2.17 bits per heavy atom. The molecule has 64 valence electrons. The molecule has 0 aromatic rings. The van der Waals surface area contributed by atoms with Gasteiger partial charge >= 0.3 is 5.97 Å². The van der Waals surface area contributed by atoms with Crippen LogP contribution in [-0.4, -0.2) is 28.5 Å². The van der Waals surface area contributed by atoms with E-state index in [9.17, 15) is 9.59 Å². The Kier molecular flexibility index (Phi) is 2.18. The normalized spacial score (nSPS) is 15.1. The lowest BCUT2D eigenvalue weighted by atomic mass is 10.2. The monoisotopic (exact) mass is 169 g/mol. The van der Waals surface area contributed by atoms with Crippen molar-refractivity contribution >= 4 is 23.4 Å². The average Bonchev–Trinajstić information content (AvgIpc) is 2.34. The number of hydrogen-bond donors (Lipinski definition) is 2. The first-order valence-corrected chi connectivity index (χ1v) is 3.24. The molecule has 0 unspecified atom stereocenters. The summed E-state index contributed by atoms with van der Waals surface area (Å²) in [5.41, 5.74) is -0.0567. The van der Waals surface area contributed by atoms with Gasteiger partial charge in [0.1, 0.15) is 5.84 Å². The van der Waals surface area contributed by atoms with Crippen LogP contribution in [0.5, 0.6) is 0 Å². The highest BCUT2D eigenvalue weighted by Gasteiger charge is 2.18. The number of amides is 1. The minimum Gasteiger partial charge on any atom is -0.477 e. The number of nitrogens with zero attached hydrogens (tertiary/aromatic N) is 2. The number of nitrogens with one attached hydrogen (secondary N) is 1. The van der Waals surface area contributed by atoms with E-state index in [2.05, 4.69) is 15.5 Å². The topological polar surface area (TPSA) is 91.1 Å². The minimum atomic E-state index is -1.11. The molecule has 0 saturated carbocycles. The Balaban J connectivity index is 2.50. The molecule has 1 rings (SSSR count). The molecule has 0 aliphatic carbocycles. The van der Waals surface area contributed by atoms with Gasteiger partial charge in [-0.25, -0.2) is 4.79 Å². The molecule has 0 fully saturated rings. The molecule has 0 aromatic carbocycles. The molecule has 0 atom stereocenters. The smallest absolute Gasteiger partial charge is 0.352 e. The third kappa shape index (κ3) is 1.88. The van der Waals surface area contributed by atoms with E-state index in [1.807, 2.05) is 0 Å². The fourth-order valence-corrected chi connectivity index (χ4v) is 0.741. The van der Waals surface area contributed by atoms with Gasteiger partial charge in [0.2, 0.25) is 5.91 Å². The number of carboxylic acid groups (broad SMARTS) is 1. The zero-order valence-electron chi connectivity index (χ0n) is 6.37. The summed E-state index contributed by atoms with van der Waals surface area (Å²) in [5, 5.41) is 17.6. The summed E-state index contributed by atoms with van der Waals surface area (Å²) < 4.78 is 0. The van der Waals surface area contributed by atoms with Gasteiger partial charge in [-0.1, -0.05) is 0 Å². The molecule has 0 aromatic heterocycles. The first kappa shape index (κ1) is 8.38. The summed E-state index contributed by atoms with van der Waals surface area (Å²) in [7, 11) is 0. The molecule has 1 aliphatic rings. The molecule has 1 heterocycles. The maximum Gasteiger partial charge on any atom is 0.352 e. The van der Waals surface area contributed by atoms with Crippen LogP contribution in [0.15, 0.2) is 10.2 Å². The van der Waals surface area contributed by atoms with Gasteiger partial charge in [-0.15, -0.1) is 10.2 Å². The van der Waals surface area contributed by atoms with Crippen LogP contribution in [0.25, 0.3) is 0 Å². The zero-order valence-corrected chi connectivity index (χ0v) is 6.37. The van der Waals surface area contributed by atoms with Gasteiger partial charge in [0.15, 0.2) is 5.71 Å². The Morgan fingerprint density at radius 1 is 1.50 bits per heavy atom. The first-order valence-electron chi connectivity index (χ1n) is 3.24. The largest absolute Gasteiger partial charge is 0.477 e. The van der Waals surface area contributed by atoms with E-state index in [-0.39, 0.29) is 23.9 Å². The maximum absolute atomic E-state index is 10.5. The summed E-state index contributed by atoms with van der Waals surface area (Å²) in [6, 6.07) is 0. The predicted octanol–water partition coefficient (Wildman–Crippen LogP) is -0.635. The first-order chi connectivity index (χ1) is 5.59. The molecule has 0 spiro atoms. The van der Waals surface area contributed by atoms with Crippen LogP contribution in [0, 0.1) is 0 Å². The SMILES string of the molecule is CC(=O)NC1=NN=C(C(=O)O)C1. The average molecular weight is 169 g/mol. The summed E-state index contributed by atoms with van der Waals surface area (Å²) in [4.78, 5) is 20.8. The summed E-state index contributed by atoms with van der Waals surface area (Å²) in [5.74, 6) is -1.12. The molecule has 0 radical (unpaired) electrons. The quantitative estimate of drug-likeness (QED) is 0.547. The zero-order chi connectivity index (χ0) is 9.14. The summed E-state index contributed by atoms with van der Waals surface area (Å²) in [6.07, 6.45) is 0.0783. The number of aliphatic carboxylic acids is 1. The highest BCUT2D eigenvalue weighted by Crippen LogP contribution is 1.99. The van der Waals surface area contributed by atoms with Crippen LogP contribution < -0.4 is 5.32 Å². The third-order valence-electron chi connectivity index (χ3n) is 1.19. The Hall–Kier alpha value is -1.72. The van der Waals surface area contributed by atoms with E-state index < -0.39 is 5.97 Å². The lowest BCUT2D eigenvalue weighted by Crippen LogP contribution is -2.29. The highest BCUT2D eigenvalue weighted by molar-refractivity contribution is 6.40. The molecule has 6 nitrogen and oxygen atoms in total.